The average Bonchev–Trinajstić information content (AvgIpc) is 2.46. The van der Waals surface area contributed by atoms with Gasteiger partial charge in [0.2, 0.25) is 11.8 Å². The number of ether oxygens (including phenoxy) is 1. The van der Waals surface area contributed by atoms with Crippen LogP contribution in [0.5, 0.6) is 5.88 Å². The van der Waals surface area contributed by atoms with Crippen molar-refractivity contribution in [3.8, 4) is 5.88 Å². The van der Waals surface area contributed by atoms with Gasteiger partial charge in [0.25, 0.3) is 5.91 Å². The van der Waals surface area contributed by atoms with Crippen LogP contribution in [-0.4, -0.2) is 54.1 Å². The molecule has 1 aromatic rings. The maximum absolute atomic E-state index is 12.2. The number of carbonyl (C=O) groups is 1. The minimum absolute atomic E-state index is 0.0883. The number of nitrogens with zero attached hydrogens (tertiary/aromatic N) is 3. The molecule has 1 unspecified atom stereocenters. The minimum atomic E-state index is -0.235. The van der Waals surface area contributed by atoms with Gasteiger partial charge < -0.3 is 20.7 Å². The molecule has 2 rings (SSSR count). The standard InChI is InChI=1S/C13H21N5O2/c1-18-6-4-3-5-9(18)7-15-11(19)10-8-16-13(14)17-12(10)20-2/h8-9H,3-7H2,1-2H3,(H,15,19)(H2,14,16,17). The number of carbonyl (C=O) groups excluding carboxylic acids is 1. The quantitative estimate of drug-likeness (QED) is 0.822. The molecule has 0 spiro atoms. The third kappa shape index (κ3) is 3.36. The fourth-order valence-corrected chi connectivity index (χ4v) is 2.40. The normalized spacial score (nSPS) is 19.6. The monoisotopic (exact) mass is 279 g/mol. The van der Waals surface area contributed by atoms with Crippen LogP contribution in [0.25, 0.3) is 0 Å². The number of piperidine rings is 1. The molecule has 1 saturated heterocycles. The second kappa shape index (κ2) is 6.51. The number of hydrogen-bond donors (Lipinski definition) is 2. The van der Waals surface area contributed by atoms with E-state index >= 15 is 0 Å². The van der Waals surface area contributed by atoms with Crippen LogP contribution >= 0.6 is 0 Å². The fourth-order valence-electron chi connectivity index (χ4n) is 2.40. The predicted octanol–water partition coefficient (Wildman–Crippen LogP) is 0.282. The van der Waals surface area contributed by atoms with Crippen molar-refractivity contribution in [1.82, 2.24) is 20.2 Å². The summed E-state index contributed by atoms with van der Waals surface area (Å²) in [6.07, 6.45) is 4.92. The van der Waals surface area contributed by atoms with Crippen molar-refractivity contribution >= 4 is 11.9 Å². The highest BCUT2D eigenvalue weighted by molar-refractivity contribution is 5.96. The Morgan fingerprint density at radius 3 is 3.10 bits per heavy atom. The topological polar surface area (TPSA) is 93.4 Å². The Bertz CT molecular complexity index is 480. The van der Waals surface area contributed by atoms with Gasteiger partial charge in [0.1, 0.15) is 5.56 Å². The van der Waals surface area contributed by atoms with Gasteiger partial charge in [0.15, 0.2) is 0 Å². The molecule has 7 heteroatoms. The number of nitrogens with one attached hydrogen (secondary N) is 1. The summed E-state index contributed by atoms with van der Waals surface area (Å²) in [5.74, 6) is 0.0539. The molecule has 7 nitrogen and oxygen atoms in total. The number of nitrogen functional groups attached to an aromatic ring is 1. The van der Waals surface area contributed by atoms with Gasteiger partial charge >= 0.3 is 0 Å². The van der Waals surface area contributed by atoms with Crippen molar-refractivity contribution in [2.24, 2.45) is 0 Å². The molecule has 20 heavy (non-hydrogen) atoms. The molecule has 0 aliphatic carbocycles. The van der Waals surface area contributed by atoms with Gasteiger partial charge in [-0.1, -0.05) is 6.42 Å². The molecule has 2 heterocycles. The summed E-state index contributed by atoms with van der Waals surface area (Å²) < 4.78 is 5.06. The molecule has 0 radical (unpaired) electrons. The highest BCUT2D eigenvalue weighted by Crippen LogP contribution is 2.16. The largest absolute Gasteiger partial charge is 0.480 e. The van der Waals surface area contributed by atoms with Crippen LogP contribution in [0.15, 0.2) is 6.20 Å². The lowest BCUT2D eigenvalue weighted by Crippen LogP contribution is -2.44. The fraction of sp³-hybridized carbons (Fsp3) is 0.615. The van der Waals surface area contributed by atoms with E-state index in [0.29, 0.717) is 18.2 Å². The van der Waals surface area contributed by atoms with Crippen LogP contribution in [0.4, 0.5) is 5.95 Å². The summed E-state index contributed by atoms with van der Waals surface area (Å²) >= 11 is 0. The maximum Gasteiger partial charge on any atom is 0.258 e. The van der Waals surface area contributed by atoms with E-state index in [4.69, 9.17) is 10.5 Å². The third-order valence-electron chi connectivity index (χ3n) is 3.63. The van der Waals surface area contributed by atoms with Crippen molar-refractivity contribution in [2.75, 3.05) is 33.0 Å². The van der Waals surface area contributed by atoms with Gasteiger partial charge in [0.05, 0.1) is 7.11 Å². The molecule has 1 fully saturated rings. The van der Waals surface area contributed by atoms with Crippen molar-refractivity contribution in [1.29, 1.82) is 0 Å². The lowest BCUT2D eigenvalue weighted by molar-refractivity contribution is 0.0924. The highest BCUT2D eigenvalue weighted by atomic mass is 16.5. The summed E-state index contributed by atoms with van der Waals surface area (Å²) in [4.78, 5) is 22.2. The molecule has 1 aromatic heterocycles. The molecule has 1 atom stereocenters. The van der Waals surface area contributed by atoms with E-state index in [1.54, 1.807) is 0 Å². The molecule has 1 aliphatic heterocycles. The Kier molecular flexibility index (Phi) is 4.73. The van der Waals surface area contributed by atoms with E-state index in [-0.39, 0.29) is 17.7 Å². The Labute approximate surface area is 118 Å². The van der Waals surface area contributed by atoms with Gasteiger partial charge in [-0.3, -0.25) is 4.79 Å². The van der Waals surface area contributed by atoms with E-state index in [9.17, 15) is 4.79 Å². The van der Waals surface area contributed by atoms with Gasteiger partial charge in [-0.25, -0.2) is 4.98 Å². The number of amides is 1. The molecule has 0 bridgehead atoms. The zero-order valence-corrected chi connectivity index (χ0v) is 11.9. The second-order valence-corrected chi connectivity index (χ2v) is 4.99. The van der Waals surface area contributed by atoms with Crippen LogP contribution in [0.1, 0.15) is 29.6 Å². The lowest BCUT2D eigenvalue weighted by atomic mass is 10.0. The lowest BCUT2D eigenvalue weighted by Gasteiger charge is -2.32. The first-order chi connectivity index (χ1) is 9.61. The van der Waals surface area contributed by atoms with E-state index in [1.165, 1.54) is 26.1 Å². The smallest absolute Gasteiger partial charge is 0.258 e. The van der Waals surface area contributed by atoms with E-state index in [1.807, 2.05) is 0 Å². The second-order valence-electron chi connectivity index (χ2n) is 4.99. The van der Waals surface area contributed by atoms with Crippen molar-refractivity contribution < 1.29 is 9.53 Å². The van der Waals surface area contributed by atoms with Gasteiger partial charge in [-0.15, -0.1) is 0 Å². The first-order valence-electron chi connectivity index (χ1n) is 6.76. The van der Waals surface area contributed by atoms with Crippen LogP contribution < -0.4 is 15.8 Å². The van der Waals surface area contributed by atoms with Crippen LogP contribution in [-0.2, 0) is 0 Å². The summed E-state index contributed by atoms with van der Waals surface area (Å²) in [6.45, 7) is 1.69. The summed E-state index contributed by atoms with van der Waals surface area (Å²) in [6, 6.07) is 0.383. The number of nitrogens with two attached hydrogens (primary N) is 1. The molecular formula is C13H21N5O2. The van der Waals surface area contributed by atoms with Crippen LogP contribution in [0.3, 0.4) is 0 Å². The number of likely N-dealkylation sites (N-methyl/N-ethyl adjacent to an activating group) is 1. The predicted molar refractivity (Wildman–Crippen MR) is 75.6 cm³/mol. The first kappa shape index (κ1) is 14.5. The molecular weight excluding hydrogens is 258 g/mol. The number of aromatic nitrogens is 2. The third-order valence-corrected chi connectivity index (χ3v) is 3.63. The molecule has 0 saturated carbocycles. The molecule has 1 amide bonds. The Balaban J connectivity index is 1.98. The number of methoxy groups -OCH3 is 1. The van der Waals surface area contributed by atoms with E-state index < -0.39 is 0 Å². The summed E-state index contributed by atoms with van der Waals surface area (Å²) in [7, 11) is 3.54. The number of likely N-dealkylation sites (tertiary alicyclic amines) is 1. The number of anilines is 1. The summed E-state index contributed by atoms with van der Waals surface area (Å²) in [5, 5.41) is 2.91. The number of rotatable bonds is 4. The minimum Gasteiger partial charge on any atom is -0.480 e. The maximum atomic E-state index is 12.2. The number of hydrogen-bond acceptors (Lipinski definition) is 6. The van der Waals surface area contributed by atoms with Gasteiger partial charge in [-0.2, -0.15) is 4.98 Å². The van der Waals surface area contributed by atoms with Crippen LogP contribution in [0.2, 0.25) is 0 Å². The Hall–Kier alpha value is -1.89. The zero-order valence-electron chi connectivity index (χ0n) is 11.9. The van der Waals surface area contributed by atoms with E-state index in [0.717, 1.165) is 13.0 Å². The van der Waals surface area contributed by atoms with E-state index in [2.05, 4.69) is 27.2 Å². The Morgan fingerprint density at radius 2 is 2.40 bits per heavy atom. The highest BCUT2D eigenvalue weighted by Gasteiger charge is 2.21. The Morgan fingerprint density at radius 1 is 1.60 bits per heavy atom. The van der Waals surface area contributed by atoms with Crippen molar-refractivity contribution in [2.45, 2.75) is 25.3 Å². The van der Waals surface area contributed by atoms with Crippen molar-refractivity contribution in [3.63, 3.8) is 0 Å². The molecule has 3 N–H and O–H groups in total. The summed E-state index contributed by atoms with van der Waals surface area (Å²) in [5.41, 5.74) is 5.78. The average molecular weight is 279 g/mol. The van der Waals surface area contributed by atoms with Gasteiger partial charge in [0, 0.05) is 18.8 Å². The van der Waals surface area contributed by atoms with Gasteiger partial charge in [-0.05, 0) is 26.4 Å². The molecule has 110 valence electrons. The van der Waals surface area contributed by atoms with Crippen LogP contribution in [0, 0.1) is 0 Å². The SMILES string of the molecule is COc1nc(N)ncc1C(=O)NCC1CCCCN1C. The zero-order chi connectivity index (χ0) is 14.5. The van der Waals surface area contributed by atoms with Crippen molar-refractivity contribution in [3.05, 3.63) is 11.8 Å². The molecule has 0 aromatic carbocycles. The molecule has 1 aliphatic rings. The first-order valence-corrected chi connectivity index (χ1v) is 6.76.